The van der Waals surface area contributed by atoms with Gasteiger partial charge in [0.1, 0.15) is 5.69 Å². The number of thiocarbonyl (C=S) groups is 1. The topological polar surface area (TPSA) is 79.6 Å². The Bertz CT molecular complexity index is 893. The van der Waals surface area contributed by atoms with E-state index in [4.69, 9.17) is 12.2 Å². The van der Waals surface area contributed by atoms with E-state index >= 15 is 0 Å². The van der Waals surface area contributed by atoms with Gasteiger partial charge in [-0.15, -0.1) is 0 Å². The van der Waals surface area contributed by atoms with E-state index in [0.29, 0.717) is 6.21 Å². The maximum atomic E-state index is 13.5. The molecule has 2 N–H and O–H groups in total. The maximum Gasteiger partial charge on any atom is 0.292 e. The molecule has 26 heavy (non-hydrogen) atoms. The predicted molar refractivity (Wildman–Crippen MR) is 86.3 cm³/mol. The van der Waals surface area contributed by atoms with Gasteiger partial charge in [-0.3, -0.25) is 15.5 Å². The molecule has 0 atom stereocenters. The SMILES string of the molecule is O=[N+]([O-])c1ccccc1NC(=S)N/N=C\c1c(F)c(F)c(F)c(F)c1F. The molecule has 0 fully saturated rings. The van der Waals surface area contributed by atoms with Gasteiger partial charge in [0.05, 0.1) is 16.7 Å². The number of nitrogens with one attached hydrogen (secondary N) is 2. The summed E-state index contributed by atoms with van der Waals surface area (Å²) in [5.41, 5.74) is 0.470. The summed E-state index contributed by atoms with van der Waals surface area (Å²) in [6, 6.07) is 5.43. The fourth-order valence-electron chi connectivity index (χ4n) is 1.78. The first kappa shape index (κ1) is 19.2. The highest BCUT2D eigenvalue weighted by atomic mass is 32.1. The van der Waals surface area contributed by atoms with Crippen molar-refractivity contribution in [2.45, 2.75) is 0 Å². The number of benzene rings is 2. The standard InChI is InChI=1S/C14H7F5N4O2S/c15-9-6(10(16)12(18)13(19)11(9)17)5-20-22-14(26)21-7-3-1-2-4-8(7)23(24)25/h1-5H,(H2,21,22,26)/b20-5-. The normalized spacial score (nSPS) is 10.8. The van der Waals surface area contributed by atoms with Gasteiger partial charge in [0.15, 0.2) is 28.4 Å². The first-order chi connectivity index (χ1) is 12.2. The largest absolute Gasteiger partial charge is 0.326 e. The molecule has 0 radical (unpaired) electrons. The molecule has 2 aromatic rings. The number of halogens is 5. The van der Waals surface area contributed by atoms with E-state index in [2.05, 4.69) is 10.4 Å². The van der Waals surface area contributed by atoms with Crippen molar-refractivity contribution in [2.24, 2.45) is 5.10 Å². The molecule has 6 nitrogen and oxygen atoms in total. The van der Waals surface area contributed by atoms with Gasteiger partial charge in [0.25, 0.3) is 5.69 Å². The van der Waals surface area contributed by atoms with Gasteiger partial charge in [-0.25, -0.2) is 22.0 Å². The van der Waals surface area contributed by atoms with E-state index in [1.165, 1.54) is 24.3 Å². The minimum absolute atomic E-state index is 0.00133. The van der Waals surface area contributed by atoms with Crippen LogP contribution in [0.3, 0.4) is 0 Å². The van der Waals surface area contributed by atoms with Crippen LogP contribution in [0.1, 0.15) is 5.56 Å². The number of rotatable bonds is 4. The maximum absolute atomic E-state index is 13.5. The number of hydrogen-bond donors (Lipinski definition) is 2. The zero-order chi connectivity index (χ0) is 19.4. The van der Waals surface area contributed by atoms with Crippen LogP contribution in [-0.2, 0) is 0 Å². The Hall–Kier alpha value is -3.15. The first-order valence-corrected chi connectivity index (χ1v) is 6.99. The van der Waals surface area contributed by atoms with Crippen LogP contribution >= 0.6 is 12.2 Å². The highest BCUT2D eigenvalue weighted by Gasteiger charge is 2.24. The van der Waals surface area contributed by atoms with Gasteiger partial charge in [-0.05, 0) is 18.3 Å². The molecule has 0 aliphatic carbocycles. The van der Waals surface area contributed by atoms with Gasteiger partial charge < -0.3 is 5.32 Å². The zero-order valence-electron chi connectivity index (χ0n) is 12.4. The predicted octanol–water partition coefficient (Wildman–Crippen LogP) is 3.61. The lowest BCUT2D eigenvalue weighted by atomic mass is 10.2. The van der Waals surface area contributed by atoms with Gasteiger partial charge >= 0.3 is 0 Å². The van der Waals surface area contributed by atoms with Crippen LogP contribution in [0.25, 0.3) is 0 Å². The Kier molecular flexibility index (Phi) is 5.77. The molecular formula is C14H7F5N4O2S. The van der Waals surface area contributed by atoms with Crippen LogP contribution in [0, 0.1) is 39.2 Å². The fraction of sp³-hybridized carbons (Fsp3) is 0. The molecule has 12 heteroatoms. The summed E-state index contributed by atoms with van der Waals surface area (Å²) in [7, 11) is 0. The monoisotopic (exact) mass is 390 g/mol. The van der Waals surface area contributed by atoms with E-state index in [0.717, 1.165) is 0 Å². The van der Waals surface area contributed by atoms with Crippen LogP contribution in [0.15, 0.2) is 29.4 Å². The Morgan fingerprint density at radius 1 is 1.04 bits per heavy atom. The fourth-order valence-corrected chi connectivity index (χ4v) is 1.94. The average Bonchev–Trinajstić information content (AvgIpc) is 2.61. The summed E-state index contributed by atoms with van der Waals surface area (Å²) in [6.45, 7) is 0. The molecule has 136 valence electrons. The Morgan fingerprint density at radius 3 is 2.15 bits per heavy atom. The third-order valence-corrected chi connectivity index (χ3v) is 3.15. The van der Waals surface area contributed by atoms with Crippen molar-refractivity contribution < 1.29 is 26.9 Å². The number of nitro benzene ring substituents is 1. The lowest BCUT2D eigenvalue weighted by Crippen LogP contribution is -2.24. The van der Waals surface area contributed by atoms with E-state index in [-0.39, 0.29) is 16.5 Å². The number of nitro groups is 1. The summed E-state index contributed by atoms with van der Waals surface area (Å²) in [4.78, 5) is 10.2. The number of anilines is 1. The third kappa shape index (κ3) is 3.91. The zero-order valence-corrected chi connectivity index (χ0v) is 13.2. The molecule has 0 saturated carbocycles. The van der Waals surface area contributed by atoms with Crippen LogP contribution in [0.5, 0.6) is 0 Å². The average molecular weight is 390 g/mol. The van der Waals surface area contributed by atoms with Gasteiger partial charge in [0.2, 0.25) is 5.82 Å². The van der Waals surface area contributed by atoms with Crippen molar-refractivity contribution in [1.82, 2.24) is 5.43 Å². The van der Waals surface area contributed by atoms with Crippen molar-refractivity contribution in [3.05, 3.63) is 69.0 Å². The van der Waals surface area contributed by atoms with Crippen LogP contribution in [0.2, 0.25) is 0 Å². The molecule has 2 rings (SSSR count). The number of nitrogens with zero attached hydrogens (tertiary/aromatic N) is 2. The molecule has 0 spiro atoms. The minimum Gasteiger partial charge on any atom is -0.326 e. The van der Waals surface area contributed by atoms with Gasteiger partial charge in [-0.1, -0.05) is 12.1 Å². The first-order valence-electron chi connectivity index (χ1n) is 6.59. The molecule has 0 heterocycles. The Balaban J connectivity index is 2.15. The van der Waals surface area contributed by atoms with Crippen LogP contribution in [0.4, 0.5) is 33.3 Å². The van der Waals surface area contributed by atoms with Gasteiger partial charge in [0, 0.05) is 6.07 Å². The second-order valence-corrected chi connectivity index (χ2v) is 4.99. The molecule has 0 aromatic heterocycles. The second kappa shape index (κ2) is 7.82. The van der Waals surface area contributed by atoms with E-state index in [1.54, 1.807) is 0 Å². The quantitative estimate of drug-likeness (QED) is 0.159. The Morgan fingerprint density at radius 2 is 1.58 bits per heavy atom. The summed E-state index contributed by atoms with van der Waals surface area (Å²) < 4.78 is 65.9. The molecular weight excluding hydrogens is 383 g/mol. The molecule has 0 aliphatic heterocycles. The molecule has 0 aliphatic rings. The molecule has 0 unspecified atom stereocenters. The molecule has 0 amide bonds. The second-order valence-electron chi connectivity index (χ2n) is 4.58. The summed E-state index contributed by atoms with van der Waals surface area (Å²) >= 11 is 4.78. The molecule has 0 saturated heterocycles. The summed E-state index contributed by atoms with van der Waals surface area (Å²) in [5.74, 6) is -10.7. The summed E-state index contributed by atoms with van der Waals surface area (Å²) in [6.07, 6.45) is 0.337. The van der Waals surface area contributed by atoms with Crippen molar-refractivity contribution in [3.63, 3.8) is 0 Å². The van der Waals surface area contributed by atoms with Crippen molar-refractivity contribution in [3.8, 4) is 0 Å². The van der Waals surface area contributed by atoms with Gasteiger partial charge in [-0.2, -0.15) is 5.10 Å². The lowest BCUT2D eigenvalue weighted by Gasteiger charge is -2.07. The van der Waals surface area contributed by atoms with Crippen LogP contribution < -0.4 is 10.7 Å². The van der Waals surface area contributed by atoms with E-state index in [1.807, 2.05) is 5.43 Å². The molecule has 0 bridgehead atoms. The van der Waals surface area contributed by atoms with Crippen molar-refractivity contribution >= 4 is 34.9 Å². The van der Waals surface area contributed by atoms with Crippen molar-refractivity contribution in [1.29, 1.82) is 0 Å². The van der Waals surface area contributed by atoms with E-state index in [9.17, 15) is 32.1 Å². The van der Waals surface area contributed by atoms with E-state index < -0.39 is 39.6 Å². The number of hydrogen-bond acceptors (Lipinski definition) is 4. The van der Waals surface area contributed by atoms with Crippen molar-refractivity contribution in [2.75, 3.05) is 5.32 Å². The highest BCUT2D eigenvalue weighted by Crippen LogP contribution is 2.23. The lowest BCUT2D eigenvalue weighted by molar-refractivity contribution is -0.383. The summed E-state index contributed by atoms with van der Waals surface area (Å²) in [5, 5.41) is 16.2. The van der Waals surface area contributed by atoms with Crippen LogP contribution in [-0.4, -0.2) is 16.3 Å². The molecule has 2 aromatic carbocycles. The third-order valence-electron chi connectivity index (χ3n) is 2.95. The Labute approximate surface area is 147 Å². The number of para-hydroxylation sites is 2. The smallest absolute Gasteiger partial charge is 0.292 e. The number of hydrazone groups is 1. The minimum atomic E-state index is -2.29. The highest BCUT2D eigenvalue weighted by molar-refractivity contribution is 7.80.